The summed E-state index contributed by atoms with van der Waals surface area (Å²) in [7, 11) is 1.76. The maximum absolute atomic E-state index is 12.5. The van der Waals surface area contributed by atoms with Crippen LogP contribution in [0.3, 0.4) is 0 Å². The summed E-state index contributed by atoms with van der Waals surface area (Å²) in [6.07, 6.45) is 4.78. The molecular formula is C21H22N2O3S. The summed E-state index contributed by atoms with van der Waals surface area (Å²) in [6, 6.07) is 9.94. The predicted molar refractivity (Wildman–Crippen MR) is 104 cm³/mol. The summed E-state index contributed by atoms with van der Waals surface area (Å²) in [6.45, 7) is 0.809. The van der Waals surface area contributed by atoms with Gasteiger partial charge in [-0.15, -0.1) is 0 Å². The average molecular weight is 382 g/mol. The van der Waals surface area contributed by atoms with Crippen LogP contribution in [0.2, 0.25) is 0 Å². The van der Waals surface area contributed by atoms with Gasteiger partial charge in [-0.25, -0.2) is 0 Å². The van der Waals surface area contributed by atoms with Gasteiger partial charge in [0.25, 0.3) is 5.91 Å². The van der Waals surface area contributed by atoms with Gasteiger partial charge in [0.1, 0.15) is 12.4 Å². The Balaban J connectivity index is 1.36. The molecule has 1 aliphatic rings. The molecule has 0 N–H and O–H groups in total. The van der Waals surface area contributed by atoms with Crippen LogP contribution in [0.5, 0.6) is 5.75 Å². The second-order valence-corrected chi connectivity index (χ2v) is 7.68. The second-order valence-electron chi connectivity index (χ2n) is 6.90. The number of aromatic nitrogens is 1. The lowest BCUT2D eigenvalue weighted by atomic mass is 9.92. The van der Waals surface area contributed by atoms with Crippen LogP contribution in [0.4, 0.5) is 0 Å². The zero-order valence-electron chi connectivity index (χ0n) is 15.3. The normalized spacial score (nSPS) is 13.2. The van der Waals surface area contributed by atoms with Crippen LogP contribution < -0.4 is 4.74 Å². The number of nitrogens with zero attached hydrogens (tertiary/aromatic N) is 2. The van der Waals surface area contributed by atoms with Gasteiger partial charge in [0.05, 0.1) is 0 Å². The van der Waals surface area contributed by atoms with E-state index in [9.17, 15) is 4.79 Å². The van der Waals surface area contributed by atoms with Crippen molar-refractivity contribution in [1.29, 1.82) is 0 Å². The minimum atomic E-state index is -0.162. The molecule has 5 nitrogen and oxygen atoms in total. The number of amides is 1. The highest BCUT2D eigenvalue weighted by atomic mass is 32.1. The third-order valence-electron chi connectivity index (χ3n) is 4.83. The van der Waals surface area contributed by atoms with Crippen LogP contribution in [-0.4, -0.2) is 23.0 Å². The lowest BCUT2D eigenvalue weighted by Gasteiger charge is -2.16. The zero-order valence-corrected chi connectivity index (χ0v) is 16.1. The van der Waals surface area contributed by atoms with Gasteiger partial charge in [-0.3, -0.25) is 4.79 Å². The van der Waals surface area contributed by atoms with Crippen molar-refractivity contribution in [2.45, 2.75) is 38.8 Å². The first-order valence-electron chi connectivity index (χ1n) is 9.16. The van der Waals surface area contributed by atoms with Crippen molar-refractivity contribution in [2.75, 3.05) is 7.05 Å². The summed E-state index contributed by atoms with van der Waals surface area (Å²) < 4.78 is 11.1. The fraction of sp³-hybridized carbons (Fsp3) is 0.333. The molecule has 0 atom stereocenters. The molecule has 4 rings (SSSR count). The van der Waals surface area contributed by atoms with E-state index in [1.54, 1.807) is 29.4 Å². The molecule has 1 aromatic carbocycles. The molecule has 0 unspecified atom stereocenters. The summed E-state index contributed by atoms with van der Waals surface area (Å²) in [5.74, 6) is 1.21. The third kappa shape index (κ3) is 4.22. The van der Waals surface area contributed by atoms with Crippen LogP contribution in [0.1, 0.15) is 45.8 Å². The standard InChI is InChI=1S/C21H22N2O3S/c1-23(12-15-8-9-27-14-15)21(24)20-11-19(26-22-20)13-25-18-7-6-16-4-2-3-5-17(16)10-18/h6-11,14H,2-5,12-13H2,1H3. The molecule has 27 heavy (non-hydrogen) atoms. The van der Waals surface area contributed by atoms with E-state index >= 15 is 0 Å². The predicted octanol–water partition coefficient (Wildman–Crippen LogP) is 4.47. The van der Waals surface area contributed by atoms with Gasteiger partial charge in [-0.1, -0.05) is 11.2 Å². The van der Waals surface area contributed by atoms with Crippen LogP contribution in [0, 0.1) is 0 Å². The molecule has 0 spiro atoms. The van der Waals surface area contributed by atoms with E-state index in [-0.39, 0.29) is 12.5 Å². The van der Waals surface area contributed by atoms with Gasteiger partial charge in [0.15, 0.2) is 11.5 Å². The molecular weight excluding hydrogens is 360 g/mol. The molecule has 0 radical (unpaired) electrons. The number of benzene rings is 1. The van der Waals surface area contributed by atoms with Gasteiger partial charge in [-0.05, 0) is 71.3 Å². The van der Waals surface area contributed by atoms with Crippen molar-refractivity contribution in [3.63, 3.8) is 0 Å². The third-order valence-corrected chi connectivity index (χ3v) is 5.56. The number of rotatable bonds is 6. The molecule has 6 heteroatoms. The minimum Gasteiger partial charge on any atom is -0.486 e. The average Bonchev–Trinajstić information content (AvgIpc) is 3.37. The summed E-state index contributed by atoms with van der Waals surface area (Å²) in [4.78, 5) is 14.1. The van der Waals surface area contributed by atoms with Crippen molar-refractivity contribution in [3.05, 3.63) is 69.2 Å². The van der Waals surface area contributed by atoms with Gasteiger partial charge >= 0.3 is 0 Å². The van der Waals surface area contributed by atoms with E-state index < -0.39 is 0 Å². The number of hydrogen-bond acceptors (Lipinski definition) is 5. The first kappa shape index (κ1) is 17.8. The number of carbonyl (C=O) groups is 1. The highest BCUT2D eigenvalue weighted by Crippen LogP contribution is 2.26. The van der Waals surface area contributed by atoms with Crippen LogP contribution in [0.15, 0.2) is 45.6 Å². The largest absolute Gasteiger partial charge is 0.486 e. The van der Waals surface area contributed by atoms with E-state index in [0.29, 0.717) is 18.0 Å². The number of carbonyl (C=O) groups excluding carboxylic acids is 1. The molecule has 0 saturated carbocycles. The van der Waals surface area contributed by atoms with E-state index in [2.05, 4.69) is 17.3 Å². The van der Waals surface area contributed by atoms with E-state index in [4.69, 9.17) is 9.26 Å². The van der Waals surface area contributed by atoms with Gasteiger partial charge in [0, 0.05) is 19.7 Å². The molecule has 0 fully saturated rings. The van der Waals surface area contributed by atoms with E-state index in [1.165, 1.54) is 24.0 Å². The number of hydrogen-bond donors (Lipinski definition) is 0. The molecule has 0 bridgehead atoms. The number of aryl methyl sites for hydroxylation is 2. The highest BCUT2D eigenvalue weighted by molar-refractivity contribution is 7.07. The Morgan fingerprint density at radius 2 is 2.07 bits per heavy atom. The number of fused-ring (bicyclic) bond motifs is 1. The summed E-state index contributed by atoms with van der Waals surface area (Å²) >= 11 is 1.62. The number of ether oxygens (including phenoxy) is 1. The van der Waals surface area contributed by atoms with E-state index in [1.807, 2.05) is 22.9 Å². The SMILES string of the molecule is CN(Cc1ccsc1)C(=O)c1cc(COc2ccc3c(c2)CCCC3)on1. The minimum absolute atomic E-state index is 0.162. The van der Waals surface area contributed by atoms with Gasteiger partial charge < -0.3 is 14.2 Å². The quantitative estimate of drug-likeness (QED) is 0.631. The Morgan fingerprint density at radius 3 is 2.89 bits per heavy atom. The van der Waals surface area contributed by atoms with Crippen molar-refractivity contribution in [2.24, 2.45) is 0 Å². The van der Waals surface area contributed by atoms with Crippen LogP contribution in [-0.2, 0) is 26.0 Å². The Labute approximate surface area is 162 Å². The van der Waals surface area contributed by atoms with Gasteiger partial charge in [-0.2, -0.15) is 11.3 Å². The Kier molecular flexibility index (Phi) is 5.25. The molecule has 140 valence electrons. The van der Waals surface area contributed by atoms with Crippen molar-refractivity contribution >= 4 is 17.2 Å². The molecule has 0 aliphatic heterocycles. The lowest BCUT2D eigenvalue weighted by Crippen LogP contribution is -2.26. The molecule has 1 amide bonds. The molecule has 2 heterocycles. The topological polar surface area (TPSA) is 55.6 Å². The maximum Gasteiger partial charge on any atom is 0.276 e. The van der Waals surface area contributed by atoms with Crippen molar-refractivity contribution < 1.29 is 14.1 Å². The Morgan fingerprint density at radius 1 is 1.22 bits per heavy atom. The van der Waals surface area contributed by atoms with Gasteiger partial charge in [0.2, 0.25) is 0 Å². The molecule has 0 saturated heterocycles. The Hall–Kier alpha value is -2.60. The van der Waals surface area contributed by atoms with E-state index in [0.717, 1.165) is 24.2 Å². The van der Waals surface area contributed by atoms with Crippen LogP contribution >= 0.6 is 11.3 Å². The van der Waals surface area contributed by atoms with Crippen LogP contribution in [0.25, 0.3) is 0 Å². The Bertz CT molecular complexity index is 917. The van der Waals surface area contributed by atoms with Crippen molar-refractivity contribution in [1.82, 2.24) is 10.1 Å². The summed E-state index contributed by atoms with van der Waals surface area (Å²) in [5.41, 5.74) is 4.21. The zero-order chi connectivity index (χ0) is 18.6. The first-order chi connectivity index (χ1) is 13.2. The fourth-order valence-corrected chi connectivity index (χ4v) is 4.02. The molecule has 2 aromatic heterocycles. The lowest BCUT2D eigenvalue weighted by molar-refractivity contribution is 0.0774. The fourth-order valence-electron chi connectivity index (χ4n) is 3.36. The first-order valence-corrected chi connectivity index (χ1v) is 10.1. The monoisotopic (exact) mass is 382 g/mol. The molecule has 1 aliphatic carbocycles. The smallest absolute Gasteiger partial charge is 0.276 e. The maximum atomic E-state index is 12.5. The number of thiophene rings is 1. The second kappa shape index (κ2) is 7.96. The highest BCUT2D eigenvalue weighted by Gasteiger charge is 2.18. The molecule has 3 aromatic rings. The van der Waals surface area contributed by atoms with Crippen molar-refractivity contribution in [3.8, 4) is 5.75 Å². The summed E-state index contributed by atoms with van der Waals surface area (Å²) in [5, 5.41) is 7.94.